The van der Waals surface area contributed by atoms with Crippen molar-refractivity contribution in [3.63, 3.8) is 0 Å². The number of nitrogens with one attached hydrogen (secondary N) is 1. The van der Waals surface area contributed by atoms with E-state index in [1.807, 2.05) is 44.4 Å². The summed E-state index contributed by atoms with van der Waals surface area (Å²) in [5.41, 5.74) is 2.79. The Hall–Kier alpha value is -3.23. The molecule has 2 aromatic carbocycles. The van der Waals surface area contributed by atoms with Crippen molar-refractivity contribution in [3.05, 3.63) is 77.6 Å². The van der Waals surface area contributed by atoms with Crippen LogP contribution in [-0.2, 0) is 23.0 Å². The number of pyridine rings is 1. The third-order valence-electron chi connectivity index (χ3n) is 5.09. The summed E-state index contributed by atoms with van der Waals surface area (Å²) in [6.07, 6.45) is 3.92. The van der Waals surface area contributed by atoms with Gasteiger partial charge in [-0.2, -0.15) is 0 Å². The van der Waals surface area contributed by atoms with Crippen molar-refractivity contribution in [1.29, 1.82) is 0 Å². The third-order valence-corrected chi connectivity index (χ3v) is 6.49. The van der Waals surface area contributed by atoms with Crippen LogP contribution in [0.4, 0.5) is 5.69 Å². The summed E-state index contributed by atoms with van der Waals surface area (Å²) in [5, 5.41) is 2.90. The molecule has 174 valence electrons. The molecule has 1 amide bonds. The molecule has 3 rings (SSSR count). The van der Waals surface area contributed by atoms with Gasteiger partial charge in [0.15, 0.2) is 0 Å². The number of amides is 1. The van der Waals surface area contributed by atoms with E-state index >= 15 is 0 Å². The van der Waals surface area contributed by atoms with E-state index in [4.69, 9.17) is 9.47 Å². The summed E-state index contributed by atoms with van der Waals surface area (Å²) in [6, 6.07) is 14.5. The number of methoxy groups -OCH3 is 2. The van der Waals surface area contributed by atoms with Crippen molar-refractivity contribution in [2.75, 3.05) is 40.2 Å². The predicted molar refractivity (Wildman–Crippen MR) is 131 cm³/mol. The molecule has 0 spiro atoms. The molecule has 0 aliphatic carbocycles. The third kappa shape index (κ3) is 6.63. The second-order valence-corrected chi connectivity index (χ2v) is 9.17. The van der Waals surface area contributed by atoms with E-state index in [1.54, 1.807) is 38.6 Å². The Bertz CT molecular complexity index is 1120. The number of hydrogen-bond donors (Lipinski definition) is 1. The van der Waals surface area contributed by atoms with E-state index in [9.17, 15) is 9.00 Å². The molecule has 3 aromatic rings. The molecular weight excluding hydrogens is 438 g/mol. The maximum atomic E-state index is 13.5. The summed E-state index contributed by atoms with van der Waals surface area (Å²) < 4.78 is 24.2. The number of aromatic nitrogens is 1. The average Bonchev–Trinajstić information content (AvgIpc) is 2.83. The molecule has 1 aromatic heterocycles. The Morgan fingerprint density at radius 1 is 1.09 bits per heavy atom. The van der Waals surface area contributed by atoms with Gasteiger partial charge in [-0.15, -0.1) is 0 Å². The zero-order chi connectivity index (χ0) is 23.8. The molecule has 0 aliphatic rings. The molecule has 1 unspecified atom stereocenters. The van der Waals surface area contributed by atoms with Crippen LogP contribution in [0.15, 0.2) is 65.8 Å². The van der Waals surface area contributed by atoms with Gasteiger partial charge in [-0.1, -0.05) is 12.1 Å². The lowest BCUT2D eigenvalue weighted by Crippen LogP contribution is -2.16. The highest BCUT2D eigenvalue weighted by Gasteiger charge is 2.17. The van der Waals surface area contributed by atoms with Crippen LogP contribution in [-0.4, -0.2) is 54.9 Å². The van der Waals surface area contributed by atoms with Gasteiger partial charge < -0.3 is 19.7 Å². The number of likely N-dealkylation sites (N-methyl/N-ethyl adjacent to an activating group) is 1. The van der Waals surface area contributed by atoms with Gasteiger partial charge in [0.05, 0.1) is 46.9 Å². The van der Waals surface area contributed by atoms with Crippen molar-refractivity contribution in [1.82, 2.24) is 9.88 Å². The minimum absolute atomic E-state index is 0.236. The van der Waals surface area contributed by atoms with E-state index in [1.165, 1.54) is 6.20 Å². The molecule has 33 heavy (non-hydrogen) atoms. The molecule has 0 fully saturated rings. The van der Waals surface area contributed by atoms with Crippen LogP contribution in [0.5, 0.6) is 11.5 Å². The van der Waals surface area contributed by atoms with Crippen LogP contribution in [0.2, 0.25) is 0 Å². The number of rotatable bonds is 10. The topological polar surface area (TPSA) is 80.8 Å². The molecule has 7 nitrogen and oxygen atoms in total. The molecule has 1 N–H and O–H groups in total. The van der Waals surface area contributed by atoms with Crippen molar-refractivity contribution in [2.24, 2.45) is 0 Å². The number of carbonyl (C=O) groups excluding carboxylic acids is 1. The largest absolute Gasteiger partial charge is 0.497 e. The number of carbonyl (C=O) groups is 1. The summed E-state index contributed by atoms with van der Waals surface area (Å²) >= 11 is 0. The number of benzene rings is 2. The van der Waals surface area contributed by atoms with E-state index in [0.717, 1.165) is 24.1 Å². The fourth-order valence-corrected chi connectivity index (χ4v) is 4.57. The Labute approximate surface area is 197 Å². The van der Waals surface area contributed by atoms with Gasteiger partial charge in [0, 0.05) is 30.6 Å². The minimum Gasteiger partial charge on any atom is -0.497 e. The second kappa shape index (κ2) is 11.6. The van der Waals surface area contributed by atoms with E-state index < -0.39 is 10.8 Å². The van der Waals surface area contributed by atoms with Gasteiger partial charge in [0.25, 0.3) is 5.91 Å². The Kier molecular flexibility index (Phi) is 8.57. The molecule has 1 atom stereocenters. The predicted octanol–water partition coefficient (Wildman–Crippen LogP) is 3.76. The first-order valence-corrected chi connectivity index (χ1v) is 11.8. The van der Waals surface area contributed by atoms with Gasteiger partial charge in [-0.25, -0.2) is 0 Å². The molecule has 1 heterocycles. The van der Waals surface area contributed by atoms with E-state index in [2.05, 4.69) is 15.2 Å². The van der Waals surface area contributed by atoms with Crippen LogP contribution < -0.4 is 14.8 Å². The standard InChI is InChI=1S/C25H29N3O4S/c1-28(2)13-11-18-7-10-22(27-25(29)19-6-5-12-26-16-19)24(14-18)33(30)17-20-8-9-21(31-3)15-23(20)32-4/h5-10,12,14-16H,11,13,17H2,1-4H3,(H,27,29). The first kappa shape index (κ1) is 24.4. The highest BCUT2D eigenvalue weighted by Crippen LogP contribution is 2.29. The lowest BCUT2D eigenvalue weighted by Gasteiger charge is -2.15. The van der Waals surface area contributed by atoms with Crippen molar-refractivity contribution < 1.29 is 18.5 Å². The molecule has 8 heteroatoms. The van der Waals surface area contributed by atoms with Gasteiger partial charge in [0.1, 0.15) is 11.5 Å². The number of nitrogens with zero attached hydrogens (tertiary/aromatic N) is 2. The maximum Gasteiger partial charge on any atom is 0.257 e. The smallest absolute Gasteiger partial charge is 0.257 e. The normalized spacial score (nSPS) is 11.8. The summed E-state index contributed by atoms with van der Waals surface area (Å²) in [7, 11) is 5.75. The lowest BCUT2D eigenvalue weighted by atomic mass is 10.1. The fourth-order valence-electron chi connectivity index (χ4n) is 3.25. The van der Waals surface area contributed by atoms with Crippen LogP contribution in [0.1, 0.15) is 21.5 Å². The highest BCUT2D eigenvalue weighted by atomic mass is 32.2. The van der Waals surface area contributed by atoms with Crippen molar-refractivity contribution >= 4 is 22.4 Å². The molecule has 0 saturated carbocycles. The van der Waals surface area contributed by atoms with Crippen LogP contribution in [0.3, 0.4) is 0 Å². The monoisotopic (exact) mass is 467 g/mol. The van der Waals surface area contributed by atoms with Gasteiger partial charge in [-0.05, 0) is 56.4 Å². The first-order valence-electron chi connectivity index (χ1n) is 10.5. The average molecular weight is 468 g/mol. The highest BCUT2D eigenvalue weighted by molar-refractivity contribution is 7.84. The Balaban J connectivity index is 1.91. The summed E-state index contributed by atoms with van der Waals surface area (Å²) in [6.45, 7) is 0.861. The van der Waals surface area contributed by atoms with E-state index in [-0.39, 0.29) is 11.7 Å². The maximum absolute atomic E-state index is 13.5. The van der Waals surface area contributed by atoms with Crippen molar-refractivity contribution in [3.8, 4) is 11.5 Å². The van der Waals surface area contributed by atoms with Crippen molar-refractivity contribution in [2.45, 2.75) is 17.1 Å². The quantitative estimate of drug-likeness (QED) is 0.489. The first-order chi connectivity index (χ1) is 15.9. The zero-order valence-electron chi connectivity index (χ0n) is 19.3. The second-order valence-electron chi connectivity index (χ2n) is 7.75. The van der Waals surface area contributed by atoms with E-state index in [0.29, 0.717) is 27.6 Å². The molecular formula is C25H29N3O4S. The van der Waals surface area contributed by atoms with Crippen LogP contribution in [0.25, 0.3) is 0 Å². The SMILES string of the molecule is COc1ccc(CS(=O)c2cc(CCN(C)C)ccc2NC(=O)c2cccnc2)c(OC)c1. The minimum atomic E-state index is -1.43. The number of ether oxygens (including phenoxy) is 2. The van der Waals surface area contributed by atoms with Gasteiger partial charge in [0.2, 0.25) is 0 Å². The number of anilines is 1. The fraction of sp³-hybridized carbons (Fsp3) is 0.280. The summed E-state index contributed by atoms with van der Waals surface area (Å²) in [5.74, 6) is 1.20. The zero-order valence-corrected chi connectivity index (χ0v) is 20.1. The van der Waals surface area contributed by atoms with Gasteiger partial charge >= 0.3 is 0 Å². The lowest BCUT2D eigenvalue weighted by molar-refractivity contribution is 0.102. The Morgan fingerprint density at radius 3 is 2.58 bits per heavy atom. The Morgan fingerprint density at radius 2 is 1.91 bits per heavy atom. The van der Waals surface area contributed by atoms with Crippen LogP contribution >= 0.6 is 0 Å². The molecule has 0 bridgehead atoms. The molecule has 0 saturated heterocycles. The van der Waals surface area contributed by atoms with Crippen LogP contribution in [0, 0.1) is 0 Å². The molecule has 0 aliphatic heterocycles. The van der Waals surface area contributed by atoms with Gasteiger partial charge in [-0.3, -0.25) is 14.0 Å². The number of hydrogen-bond acceptors (Lipinski definition) is 6. The molecule has 0 radical (unpaired) electrons. The summed E-state index contributed by atoms with van der Waals surface area (Å²) in [4.78, 5) is 19.4.